The highest BCUT2D eigenvalue weighted by Gasteiger charge is 2.18. The van der Waals surface area contributed by atoms with Crippen molar-refractivity contribution in [3.05, 3.63) is 18.5 Å². The van der Waals surface area contributed by atoms with E-state index in [9.17, 15) is 0 Å². The molecule has 0 saturated carbocycles. The molecule has 106 valence electrons. The van der Waals surface area contributed by atoms with Gasteiger partial charge >= 0.3 is 0 Å². The van der Waals surface area contributed by atoms with Crippen molar-refractivity contribution in [3.8, 4) is 5.95 Å². The zero-order chi connectivity index (χ0) is 13.9. The highest BCUT2D eigenvalue weighted by molar-refractivity contribution is 5.40. The third kappa shape index (κ3) is 2.55. The van der Waals surface area contributed by atoms with E-state index in [1.165, 1.54) is 0 Å². The van der Waals surface area contributed by atoms with Crippen LogP contribution < -0.4 is 10.2 Å². The van der Waals surface area contributed by atoms with Gasteiger partial charge in [-0.05, 0) is 13.1 Å². The van der Waals surface area contributed by atoms with E-state index < -0.39 is 0 Å². The minimum Gasteiger partial charge on any atom is -0.357 e. The summed E-state index contributed by atoms with van der Waals surface area (Å²) in [5, 5.41) is 7.15. The van der Waals surface area contributed by atoms with E-state index in [1.807, 2.05) is 12.3 Å². The molecule has 3 heterocycles. The summed E-state index contributed by atoms with van der Waals surface area (Å²) in [5.74, 6) is 1.78. The molecule has 0 atom stereocenters. The summed E-state index contributed by atoms with van der Waals surface area (Å²) in [6, 6.07) is 1.85. The molecule has 0 aromatic carbocycles. The smallest absolute Gasteiger partial charge is 0.257 e. The number of rotatable bonds is 3. The summed E-state index contributed by atoms with van der Waals surface area (Å²) in [7, 11) is 3.93. The molecule has 1 saturated heterocycles. The van der Waals surface area contributed by atoms with Crippen LogP contribution in [0.5, 0.6) is 0 Å². The van der Waals surface area contributed by atoms with E-state index >= 15 is 0 Å². The largest absolute Gasteiger partial charge is 0.357 e. The molecule has 1 aliphatic rings. The second-order valence-corrected chi connectivity index (χ2v) is 4.75. The summed E-state index contributed by atoms with van der Waals surface area (Å²) < 4.78 is 1.64. The Kier molecular flexibility index (Phi) is 3.46. The minimum absolute atomic E-state index is 0.531. The number of aromatic nitrogens is 5. The molecule has 20 heavy (non-hydrogen) atoms. The van der Waals surface area contributed by atoms with Crippen LogP contribution >= 0.6 is 0 Å². The first kappa shape index (κ1) is 12.8. The van der Waals surface area contributed by atoms with E-state index in [-0.39, 0.29) is 0 Å². The lowest BCUT2D eigenvalue weighted by molar-refractivity contribution is 0.311. The topological polar surface area (TPSA) is 75.0 Å². The number of hydrogen-bond acceptors (Lipinski definition) is 7. The Morgan fingerprint density at radius 2 is 1.80 bits per heavy atom. The molecule has 0 radical (unpaired) electrons. The molecule has 0 unspecified atom stereocenters. The molecule has 0 aliphatic carbocycles. The summed E-state index contributed by atoms with van der Waals surface area (Å²) in [6.45, 7) is 3.86. The van der Waals surface area contributed by atoms with Crippen molar-refractivity contribution >= 4 is 11.9 Å². The average molecular weight is 274 g/mol. The summed E-state index contributed by atoms with van der Waals surface area (Å²) in [6.07, 6.45) is 3.53. The first-order valence-corrected chi connectivity index (χ1v) is 6.63. The van der Waals surface area contributed by atoms with Crippen LogP contribution in [-0.4, -0.2) is 69.9 Å². The zero-order valence-corrected chi connectivity index (χ0v) is 11.7. The van der Waals surface area contributed by atoms with Crippen LogP contribution in [0.3, 0.4) is 0 Å². The molecule has 0 bridgehead atoms. The molecular weight excluding hydrogens is 256 g/mol. The van der Waals surface area contributed by atoms with E-state index in [0.29, 0.717) is 17.8 Å². The van der Waals surface area contributed by atoms with E-state index in [2.05, 4.69) is 42.2 Å². The molecule has 2 aromatic heterocycles. The van der Waals surface area contributed by atoms with Crippen LogP contribution in [0.2, 0.25) is 0 Å². The number of piperazine rings is 1. The van der Waals surface area contributed by atoms with Crippen molar-refractivity contribution in [2.75, 3.05) is 50.5 Å². The standard InChI is InChI=1S/C12H18N8/c1-13-10-15-11(19-8-6-18(2)7-9-19)17-12(16-10)20-5-3-4-14-20/h3-5H,6-9H2,1-2H3,(H,13,15,16,17). The van der Waals surface area contributed by atoms with Gasteiger partial charge in [-0.25, -0.2) is 4.68 Å². The van der Waals surface area contributed by atoms with Gasteiger partial charge in [-0.2, -0.15) is 20.1 Å². The summed E-state index contributed by atoms with van der Waals surface area (Å²) in [5.41, 5.74) is 0. The maximum absolute atomic E-state index is 4.52. The molecule has 1 fully saturated rings. The number of hydrogen-bond donors (Lipinski definition) is 1. The number of likely N-dealkylation sites (N-methyl/N-ethyl adjacent to an activating group) is 1. The van der Waals surface area contributed by atoms with Crippen molar-refractivity contribution in [2.24, 2.45) is 0 Å². The van der Waals surface area contributed by atoms with Crippen LogP contribution in [0, 0.1) is 0 Å². The number of anilines is 2. The average Bonchev–Trinajstić information content (AvgIpc) is 3.02. The summed E-state index contributed by atoms with van der Waals surface area (Å²) in [4.78, 5) is 17.8. The Hall–Kier alpha value is -2.22. The molecule has 8 nitrogen and oxygen atoms in total. The fourth-order valence-electron chi connectivity index (χ4n) is 2.10. The summed E-state index contributed by atoms with van der Waals surface area (Å²) >= 11 is 0. The molecular formula is C12H18N8. The number of nitrogens with one attached hydrogen (secondary N) is 1. The Morgan fingerprint density at radius 1 is 1.05 bits per heavy atom. The van der Waals surface area contributed by atoms with Crippen LogP contribution in [0.25, 0.3) is 5.95 Å². The van der Waals surface area contributed by atoms with Gasteiger partial charge in [-0.3, -0.25) is 0 Å². The van der Waals surface area contributed by atoms with Gasteiger partial charge in [0, 0.05) is 45.6 Å². The minimum atomic E-state index is 0.531. The first-order valence-electron chi connectivity index (χ1n) is 6.63. The van der Waals surface area contributed by atoms with E-state index in [1.54, 1.807) is 17.9 Å². The van der Waals surface area contributed by atoms with Crippen LogP contribution in [0.1, 0.15) is 0 Å². The molecule has 1 N–H and O–H groups in total. The van der Waals surface area contributed by atoms with Gasteiger partial charge in [-0.15, -0.1) is 0 Å². The highest BCUT2D eigenvalue weighted by atomic mass is 15.4. The first-order chi connectivity index (χ1) is 9.76. The predicted octanol–water partition coefficient (Wildman–Crippen LogP) is -0.149. The van der Waals surface area contributed by atoms with Gasteiger partial charge in [0.1, 0.15) is 0 Å². The maximum Gasteiger partial charge on any atom is 0.257 e. The fraction of sp³-hybridized carbons (Fsp3) is 0.500. The van der Waals surface area contributed by atoms with Crippen LogP contribution in [0.15, 0.2) is 18.5 Å². The van der Waals surface area contributed by atoms with Crippen molar-refractivity contribution < 1.29 is 0 Å². The van der Waals surface area contributed by atoms with Crippen molar-refractivity contribution in [3.63, 3.8) is 0 Å². The maximum atomic E-state index is 4.52. The molecule has 1 aliphatic heterocycles. The van der Waals surface area contributed by atoms with Gasteiger partial charge in [0.05, 0.1) is 0 Å². The van der Waals surface area contributed by atoms with Crippen molar-refractivity contribution in [1.82, 2.24) is 29.6 Å². The molecule has 3 rings (SSSR count). The van der Waals surface area contributed by atoms with Crippen molar-refractivity contribution in [1.29, 1.82) is 0 Å². The lowest BCUT2D eigenvalue weighted by atomic mass is 10.3. The predicted molar refractivity (Wildman–Crippen MR) is 76.2 cm³/mol. The molecule has 0 amide bonds. The normalized spacial score (nSPS) is 16.4. The van der Waals surface area contributed by atoms with E-state index in [4.69, 9.17) is 0 Å². The van der Waals surface area contributed by atoms with Gasteiger partial charge in [0.25, 0.3) is 5.95 Å². The van der Waals surface area contributed by atoms with Gasteiger partial charge in [0.2, 0.25) is 11.9 Å². The Morgan fingerprint density at radius 3 is 2.45 bits per heavy atom. The van der Waals surface area contributed by atoms with Gasteiger partial charge in [-0.1, -0.05) is 0 Å². The van der Waals surface area contributed by atoms with Gasteiger partial charge in [0.15, 0.2) is 0 Å². The second kappa shape index (κ2) is 5.41. The lowest BCUT2D eigenvalue weighted by Crippen LogP contribution is -2.45. The quantitative estimate of drug-likeness (QED) is 0.834. The van der Waals surface area contributed by atoms with Gasteiger partial charge < -0.3 is 15.1 Å². The third-order valence-corrected chi connectivity index (χ3v) is 3.33. The third-order valence-electron chi connectivity index (χ3n) is 3.33. The van der Waals surface area contributed by atoms with Crippen LogP contribution in [-0.2, 0) is 0 Å². The Balaban J connectivity index is 1.92. The second-order valence-electron chi connectivity index (χ2n) is 4.75. The lowest BCUT2D eigenvalue weighted by Gasteiger charge is -2.32. The van der Waals surface area contributed by atoms with Crippen molar-refractivity contribution in [2.45, 2.75) is 0 Å². The molecule has 2 aromatic rings. The Labute approximate surface area is 117 Å². The highest BCUT2D eigenvalue weighted by Crippen LogP contribution is 2.14. The molecule has 8 heteroatoms. The zero-order valence-electron chi connectivity index (χ0n) is 11.7. The molecule has 0 spiro atoms. The van der Waals surface area contributed by atoms with Crippen LogP contribution in [0.4, 0.5) is 11.9 Å². The Bertz CT molecular complexity index is 559. The number of nitrogens with zero attached hydrogens (tertiary/aromatic N) is 7. The monoisotopic (exact) mass is 274 g/mol. The SMILES string of the molecule is CNc1nc(N2CCN(C)CC2)nc(-n2cccn2)n1. The van der Waals surface area contributed by atoms with E-state index in [0.717, 1.165) is 26.2 Å². The fourth-order valence-corrected chi connectivity index (χ4v) is 2.10.